The Morgan fingerprint density at radius 3 is 1.96 bits per heavy atom. The maximum Gasteiger partial charge on any atom is 0.258 e. The Hall–Kier alpha value is -2.26. The average molecular weight is 455 g/mol. The molecule has 146 valence electrons. The van der Waals surface area contributed by atoms with Crippen molar-refractivity contribution < 1.29 is 9.59 Å². The number of thiocarbonyl (C=S) groups is 2. The van der Waals surface area contributed by atoms with Gasteiger partial charge >= 0.3 is 0 Å². The van der Waals surface area contributed by atoms with Crippen LogP contribution in [0.4, 0.5) is 11.4 Å². The van der Waals surface area contributed by atoms with Crippen LogP contribution in [-0.2, 0) is 4.79 Å². The lowest BCUT2D eigenvalue weighted by atomic mass is 10.2. The van der Waals surface area contributed by atoms with Crippen molar-refractivity contribution in [1.82, 2.24) is 10.6 Å². The molecule has 0 saturated heterocycles. The van der Waals surface area contributed by atoms with Gasteiger partial charge in [-0.15, -0.1) is 0 Å². The van der Waals surface area contributed by atoms with Gasteiger partial charge in [-0.25, -0.2) is 0 Å². The van der Waals surface area contributed by atoms with Crippen LogP contribution in [0.5, 0.6) is 0 Å². The monoisotopic (exact) mass is 454 g/mol. The van der Waals surface area contributed by atoms with Crippen LogP contribution in [0.15, 0.2) is 42.5 Å². The van der Waals surface area contributed by atoms with E-state index in [1.165, 1.54) is 12.1 Å². The van der Waals surface area contributed by atoms with Crippen LogP contribution in [0, 0.1) is 0 Å². The molecule has 0 radical (unpaired) electrons. The van der Waals surface area contributed by atoms with Crippen LogP contribution in [0.1, 0.15) is 23.7 Å². The zero-order valence-electron chi connectivity index (χ0n) is 14.6. The van der Waals surface area contributed by atoms with E-state index in [0.717, 1.165) is 0 Å². The normalized spacial score (nSPS) is 9.96. The van der Waals surface area contributed by atoms with Gasteiger partial charge in [0.15, 0.2) is 10.2 Å². The number of nitrogens with one attached hydrogen (secondary N) is 4. The fourth-order valence-electron chi connectivity index (χ4n) is 2.02. The van der Waals surface area contributed by atoms with Gasteiger partial charge in [-0.3, -0.25) is 14.9 Å². The summed E-state index contributed by atoms with van der Waals surface area (Å²) >= 11 is 22.1. The summed E-state index contributed by atoms with van der Waals surface area (Å²) in [6, 6.07) is 11.5. The molecule has 0 saturated carbocycles. The Morgan fingerprint density at radius 2 is 1.43 bits per heavy atom. The highest BCUT2D eigenvalue weighted by molar-refractivity contribution is 7.80. The van der Waals surface area contributed by atoms with Gasteiger partial charge in [-0.05, 0) is 66.9 Å². The number of hydrogen-bond donors (Lipinski definition) is 4. The van der Waals surface area contributed by atoms with Crippen LogP contribution >= 0.6 is 47.6 Å². The van der Waals surface area contributed by atoms with Gasteiger partial charge in [0.05, 0.1) is 10.6 Å². The number of carbonyl (C=O) groups is 2. The van der Waals surface area contributed by atoms with Gasteiger partial charge in [-0.1, -0.05) is 30.1 Å². The molecule has 0 unspecified atom stereocenters. The van der Waals surface area contributed by atoms with E-state index in [2.05, 4.69) is 21.3 Å². The van der Waals surface area contributed by atoms with Crippen LogP contribution in [-0.4, -0.2) is 22.0 Å². The van der Waals surface area contributed by atoms with Gasteiger partial charge in [0.2, 0.25) is 5.91 Å². The van der Waals surface area contributed by atoms with E-state index < -0.39 is 5.91 Å². The molecular formula is C18H16Cl2N4O2S2. The number of rotatable bonds is 4. The fraction of sp³-hybridized carbons (Fsp3) is 0.111. The largest absolute Gasteiger partial charge is 0.332 e. The maximum absolute atomic E-state index is 12.3. The molecule has 0 aliphatic carbocycles. The second-order valence-electron chi connectivity index (χ2n) is 5.47. The summed E-state index contributed by atoms with van der Waals surface area (Å²) in [6.07, 6.45) is 0.342. The lowest BCUT2D eigenvalue weighted by Crippen LogP contribution is -2.34. The van der Waals surface area contributed by atoms with E-state index in [9.17, 15) is 9.59 Å². The third-order valence-corrected chi connectivity index (χ3v) is 4.35. The first-order chi connectivity index (χ1) is 13.3. The predicted octanol–water partition coefficient (Wildman–Crippen LogP) is 4.34. The molecule has 6 nitrogen and oxygen atoms in total. The molecule has 2 rings (SSSR count). The number of halogens is 2. The van der Waals surface area contributed by atoms with Gasteiger partial charge in [0.25, 0.3) is 5.91 Å². The molecule has 0 spiro atoms. The second kappa shape index (κ2) is 10.3. The smallest absolute Gasteiger partial charge is 0.258 e. The summed E-state index contributed by atoms with van der Waals surface area (Å²) in [5.74, 6) is -0.642. The lowest BCUT2D eigenvalue weighted by Gasteiger charge is -2.12. The zero-order valence-corrected chi connectivity index (χ0v) is 17.8. The van der Waals surface area contributed by atoms with Crippen LogP contribution in [0.3, 0.4) is 0 Å². The molecule has 0 aliphatic heterocycles. The molecule has 2 amide bonds. The number of carbonyl (C=O) groups excluding carboxylic acids is 2. The molecule has 10 heteroatoms. The maximum atomic E-state index is 12.3. The van der Waals surface area contributed by atoms with Gasteiger partial charge in [-0.2, -0.15) is 0 Å². The summed E-state index contributed by atoms with van der Waals surface area (Å²) < 4.78 is 0. The van der Waals surface area contributed by atoms with Crippen molar-refractivity contribution in [2.45, 2.75) is 13.3 Å². The van der Waals surface area contributed by atoms with E-state index >= 15 is 0 Å². The lowest BCUT2D eigenvalue weighted by molar-refractivity contribution is -0.119. The third kappa shape index (κ3) is 6.72. The topological polar surface area (TPSA) is 82.3 Å². The van der Waals surface area contributed by atoms with Crippen molar-refractivity contribution in [1.29, 1.82) is 0 Å². The van der Waals surface area contributed by atoms with E-state index in [4.69, 9.17) is 47.6 Å². The molecule has 0 aromatic heterocycles. The van der Waals surface area contributed by atoms with Crippen LogP contribution in [0.25, 0.3) is 0 Å². The molecule has 0 aliphatic rings. The highest BCUT2D eigenvalue weighted by atomic mass is 35.5. The first-order valence-electron chi connectivity index (χ1n) is 8.06. The molecule has 0 fully saturated rings. The van der Waals surface area contributed by atoms with Gasteiger partial charge in [0, 0.05) is 22.8 Å². The molecule has 2 aromatic rings. The minimum atomic E-state index is -0.472. The van der Waals surface area contributed by atoms with Gasteiger partial charge < -0.3 is 16.0 Å². The molecule has 0 bridgehead atoms. The number of benzene rings is 2. The van der Waals surface area contributed by atoms with E-state index in [0.29, 0.717) is 22.8 Å². The van der Waals surface area contributed by atoms with Crippen molar-refractivity contribution in [2.24, 2.45) is 0 Å². The third-order valence-electron chi connectivity index (χ3n) is 3.37. The van der Waals surface area contributed by atoms with Crippen LogP contribution < -0.4 is 21.3 Å². The Balaban J connectivity index is 1.92. The summed E-state index contributed by atoms with van der Waals surface area (Å²) in [5.41, 5.74) is 1.56. The first kappa shape index (κ1) is 22.0. The molecular weight excluding hydrogens is 439 g/mol. The predicted molar refractivity (Wildman–Crippen MR) is 121 cm³/mol. The van der Waals surface area contributed by atoms with E-state index in [1.54, 1.807) is 37.3 Å². The molecule has 0 heterocycles. The summed E-state index contributed by atoms with van der Waals surface area (Å²) in [4.78, 5) is 23.6. The van der Waals surface area contributed by atoms with Crippen molar-refractivity contribution in [3.63, 3.8) is 0 Å². The molecule has 0 atom stereocenters. The SMILES string of the molecule is CCC(=O)NC(=S)Nc1ccc(NC(=S)NC(=O)c2cc(Cl)ccc2Cl)cc1. The quantitative estimate of drug-likeness (QED) is 0.514. The van der Waals surface area contributed by atoms with E-state index in [-0.39, 0.29) is 26.7 Å². The van der Waals surface area contributed by atoms with Crippen molar-refractivity contribution in [2.75, 3.05) is 10.6 Å². The fourth-order valence-corrected chi connectivity index (χ4v) is 2.84. The van der Waals surface area contributed by atoms with Gasteiger partial charge in [0.1, 0.15) is 0 Å². The Labute approximate surface area is 183 Å². The Bertz CT molecular complexity index is 920. The molecule has 28 heavy (non-hydrogen) atoms. The van der Waals surface area contributed by atoms with Crippen molar-refractivity contribution in [3.8, 4) is 0 Å². The molecule has 2 aromatic carbocycles. The van der Waals surface area contributed by atoms with Crippen LogP contribution in [0.2, 0.25) is 10.0 Å². The summed E-state index contributed by atoms with van der Waals surface area (Å²) in [6.45, 7) is 1.74. The Morgan fingerprint density at radius 1 is 0.893 bits per heavy atom. The number of hydrogen-bond acceptors (Lipinski definition) is 4. The first-order valence-corrected chi connectivity index (χ1v) is 9.64. The van der Waals surface area contributed by atoms with Crippen molar-refractivity contribution >= 4 is 81.1 Å². The number of anilines is 2. The van der Waals surface area contributed by atoms with Crippen molar-refractivity contribution in [3.05, 3.63) is 58.1 Å². The minimum absolute atomic E-state index is 0.104. The second-order valence-corrected chi connectivity index (χ2v) is 7.13. The number of amides is 2. The average Bonchev–Trinajstić information content (AvgIpc) is 2.64. The Kier molecular flexibility index (Phi) is 8.13. The summed E-state index contributed by atoms with van der Waals surface area (Å²) in [7, 11) is 0. The zero-order chi connectivity index (χ0) is 20.7. The highest BCUT2D eigenvalue weighted by Crippen LogP contribution is 2.20. The highest BCUT2D eigenvalue weighted by Gasteiger charge is 2.12. The molecule has 4 N–H and O–H groups in total. The minimum Gasteiger partial charge on any atom is -0.332 e. The summed E-state index contributed by atoms with van der Waals surface area (Å²) in [5, 5.41) is 11.9. The van der Waals surface area contributed by atoms with E-state index in [1.807, 2.05) is 0 Å². The standard InChI is InChI=1S/C18H16Cl2N4O2S2/c1-2-15(25)23-17(27)21-11-4-6-12(7-5-11)22-18(28)24-16(26)13-9-10(19)3-8-14(13)20/h3-9H,2H2,1H3,(H2,21,23,25,27)(H2,22,24,26,28).